The van der Waals surface area contributed by atoms with Crippen LogP contribution in [0.15, 0.2) is 30.3 Å². The quantitative estimate of drug-likeness (QED) is 0.535. The van der Waals surface area contributed by atoms with E-state index in [0.29, 0.717) is 13.0 Å². The van der Waals surface area contributed by atoms with Crippen LogP contribution in [0.2, 0.25) is 0 Å². The van der Waals surface area contributed by atoms with Crippen molar-refractivity contribution < 1.29 is 9.53 Å². The SMILES string of the molecule is O=C(CCCCC1CCC1)OCc1ccccc1. The molecule has 0 aromatic heterocycles. The van der Waals surface area contributed by atoms with E-state index in [1.54, 1.807) is 0 Å². The molecule has 98 valence electrons. The fourth-order valence-corrected chi connectivity index (χ4v) is 2.29. The van der Waals surface area contributed by atoms with Crippen LogP contribution in [-0.2, 0) is 16.1 Å². The summed E-state index contributed by atoms with van der Waals surface area (Å²) in [7, 11) is 0. The highest BCUT2D eigenvalue weighted by Crippen LogP contribution is 2.30. The van der Waals surface area contributed by atoms with E-state index >= 15 is 0 Å². The molecule has 0 radical (unpaired) electrons. The Bertz CT molecular complexity index is 355. The van der Waals surface area contributed by atoms with Crippen molar-refractivity contribution in [2.24, 2.45) is 5.92 Å². The molecule has 1 saturated carbocycles. The van der Waals surface area contributed by atoms with Crippen LogP contribution in [0.1, 0.15) is 50.5 Å². The summed E-state index contributed by atoms with van der Waals surface area (Å²) in [5.41, 5.74) is 1.06. The molecule has 2 nitrogen and oxygen atoms in total. The molecule has 0 saturated heterocycles. The van der Waals surface area contributed by atoms with Gasteiger partial charge in [-0.05, 0) is 17.9 Å². The smallest absolute Gasteiger partial charge is 0.306 e. The monoisotopic (exact) mass is 246 g/mol. The summed E-state index contributed by atoms with van der Waals surface area (Å²) in [6.45, 7) is 0.405. The molecule has 2 rings (SSSR count). The minimum absolute atomic E-state index is 0.0625. The van der Waals surface area contributed by atoms with Gasteiger partial charge in [-0.3, -0.25) is 4.79 Å². The Morgan fingerprint density at radius 3 is 2.61 bits per heavy atom. The third kappa shape index (κ3) is 4.52. The summed E-state index contributed by atoms with van der Waals surface area (Å²) in [5.74, 6) is 0.887. The predicted octanol–water partition coefficient (Wildman–Crippen LogP) is 4.09. The standard InChI is InChI=1S/C16H22O2/c17-16(12-5-4-7-14-10-6-11-14)18-13-15-8-2-1-3-9-15/h1-3,8-9,14H,4-7,10-13H2. The lowest BCUT2D eigenvalue weighted by Gasteiger charge is -2.24. The third-order valence-electron chi connectivity index (χ3n) is 3.71. The van der Waals surface area contributed by atoms with Crippen LogP contribution in [0, 0.1) is 5.92 Å². The van der Waals surface area contributed by atoms with Gasteiger partial charge in [0.15, 0.2) is 0 Å². The van der Waals surface area contributed by atoms with Gasteiger partial charge in [-0.15, -0.1) is 0 Å². The van der Waals surface area contributed by atoms with Crippen molar-refractivity contribution >= 4 is 5.97 Å². The van der Waals surface area contributed by atoms with E-state index in [1.807, 2.05) is 30.3 Å². The van der Waals surface area contributed by atoms with Gasteiger partial charge in [-0.25, -0.2) is 0 Å². The Kier molecular flexibility index (Phi) is 5.25. The zero-order valence-electron chi connectivity index (χ0n) is 10.9. The van der Waals surface area contributed by atoms with Crippen molar-refractivity contribution in [3.63, 3.8) is 0 Å². The van der Waals surface area contributed by atoms with Gasteiger partial charge in [0.2, 0.25) is 0 Å². The molecular weight excluding hydrogens is 224 g/mol. The van der Waals surface area contributed by atoms with Crippen molar-refractivity contribution in [3.05, 3.63) is 35.9 Å². The Balaban J connectivity index is 1.52. The number of carbonyl (C=O) groups is 1. The highest BCUT2D eigenvalue weighted by molar-refractivity contribution is 5.69. The maximum Gasteiger partial charge on any atom is 0.306 e. The second-order valence-electron chi connectivity index (χ2n) is 5.19. The second-order valence-corrected chi connectivity index (χ2v) is 5.19. The summed E-state index contributed by atoms with van der Waals surface area (Å²) in [6.07, 6.45) is 8.22. The number of unbranched alkanes of at least 4 members (excludes halogenated alkanes) is 1. The lowest BCUT2D eigenvalue weighted by Crippen LogP contribution is -2.11. The average Bonchev–Trinajstić information content (AvgIpc) is 2.35. The Hall–Kier alpha value is -1.31. The van der Waals surface area contributed by atoms with Crippen LogP contribution in [0.4, 0.5) is 0 Å². The van der Waals surface area contributed by atoms with Crippen LogP contribution in [0.5, 0.6) is 0 Å². The zero-order valence-corrected chi connectivity index (χ0v) is 10.9. The van der Waals surface area contributed by atoms with Gasteiger partial charge in [-0.2, -0.15) is 0 Å². The first-order valence-corrected chi connectivity index (χ1v) is 7.04. The maximum absolute atomic E-state index is 11.5. The molecule has 0 atom stereocenters. The lowest BCUT2D eigenvalue weighted by atomic mass is 9.82. The molecule has 0 amide bonds. The first-order valence-electron chi connectivity index (χ1n) is 7.04. The van der Waals surface area contributed by atoms with Crippen molar-refractivity contribution in [1.29, 1.82) is 0 Å². The summed E-state index contributed by atoms with van der Waals surface area (Å²) < 4.78 is 5.24. The molecule has 0 unspecified atom stereocenters. The van der Waals surface area contributed by atoms with E-state index in [-0.39, 0.29) is 5.97 Å². The molecule has 1 aliphatic carbocycles. The molecule has 0 N–H and O–H groups in total. The van der Waals surface area contributed by atoms with Gasteiger partial charge in [0.1, 0.15) is 6.61 Å². The number of esters is 1. The summed E-state index contributed by atoms with van der Waals surface area (Å²) in [6, 6.07) is 9.84. The van der Waals surface area contributed by atoms with E-state index in [1.165, 1.54) is 32.1 Å². The minimum Gasteiger partial charge on any atom is -0.461 e. The van der Waals surface area contributed by atoms with Crippen LogP contribution in [0.3, 0.4) is 0 Å². The number of carbonyl (C=O) groups excluding carboxylic acids is 1. The van der Waals surface area contributed by atoms with Crippen molar-refractivity contribution in [2.45, 2.75) is 51.6 Å². The maximum atomic E-state index is 11.5. The number of ether oxygens (including phenoxy) is 1. The van der Waals surface area contributed by atoms with Gasteiger partial charge in [0.25, 0.3) is 0 Å². The molecule has 0 bridgehead atoms. The molecule has 0 aliphatic heterocycles. The summed E-state index contributed by atoms with van der Waals surface area (Å²) in [4.78, 5) is 11.5. The average molecular weight is 246 g/mol. The zero-order chi connectivity index (χ0) is 12.6. The van der Waals surface area contributed by atoms with E-state index in [0.717, 1.165) is 17.9 Å². The first kappa shape index (κ1) is 13.1. The molecule has 1 fully saturated rings. The van der Waals surface area contributed by atoms with Gasteiger partial charge < -0.3 is 4.74 Å². The van der Waals surface area contributed by atoms with Gasteiger partial charge in [-0.1, -0.05) is 62.4 Å². The molecule has 0 heterocycles. The van der Waals surface area contributed by atoms with E-state index in [4.69, 9.17) is 4.74 Å². The third-order valence-corrected chi connectivity index (χ3v) is 3.71. The van der Waals surface area contributed by atoms with Gasteiger partial charge in [0.05, 0.1) is 0 Å². The number of rotatable bonds is 7. The van der Waals surface area contributed by atoms with Crippen LogP contribution >= 0.6 is 0 Å². The van der Waals surface area contributed by atoms with Crippen LogP contribution in [-0.4, -0.2) is 5.97 Å². The number of hydrogen-bond donors (Lipinski definition) is 0. The topological polar surface area (TPSA) is 26.3 Å². The first-order chi connectivity index (χ1) is 8.84. The van der Waals surface area contributed by atoms with Crippen molar-refractivity contribution in [2.75, 3.05) is 0 Å². The van der Waals surface area contributed by atoms with Crippen molar-refractivity contribution in [1.82, 2.24) is 0 Å². The highest BCUT2D eigenvalue weighted by Gasteiger charge is 2.16. The molecule has 2 heteroatoms. The molecule has 18 heavy (non-hydrogen) atoms. The van der Waals surface area contributed by atoms with Gasteiger partial charge in [0, 0.05) is 6.42 Å². The Labute approximate surface area is 109 Å². The molecule has 0 spiro atoms. The Morgan fingerprint density at radius 2 is 1.94 bits per heavy atom. The molecule has 1 aromatic carbocycles. The Morgan fingerprint density at radius 1 is 1.17 bits per heavy atom. The fourth-order valence-electron chi connectivity index (χ4n) is 2.29. The number of benzene rings is 1. The largest absolute Gasteiger partial charge is 0.461 e. The van der Waals surface area contributed by atoms with Crippen LogP contribution in [0.25, 0.3) is 0 Å². The molecule has 1 aromatic rings. The second kappa shape index (κ2) is 7.20. The van der Waals surface area contributed by atoms with E-state index < -0.39 is 0 Å². The number of hydrogen-bond acceptors (Lipinski definition) is 2. The van der Waals surface area contributed by atoms with E-state index in [2.05, 4.69) is 0 Å². The fraction of sp³-hybridized carbons (Fsp3) is 0.562. The summed E-state index contributed by atoms with van der Waals surface area (Å²) >= 11 is 0. The molecular formula is C16H22O2. The lowest BCUT2D eigenvalue weighted by molar-refractivity contribution is -0.145. The summed E-state index contributed by atoms with van der Waals surface area (Å²) in [5, 5.41) is 0. The highest BCUT2D eigenvalue weighted by atomic mass is 16.5. The molecule has 1 aliphatic rings. The predicted molar refractivity (Wildman–Crippen MR) is 72.0 cm³/mol. The minimum atomic E-state index is -0.0625. The normalized spacial score (nSPS) is 15.1. The van der Waals surface area contributed by atoms with Crippen molar-refractivity contribution in [3.8, 4) is 0 Å². The van der Waals surface area contributed by atoms with Gasteiger partial charge >= 0.3 is 5.97 Å². The van der Waals surface area contributed by atoms with Crippen LogP contribution < -0.4 is 0 Å². The van der Waals surface area contributed by atoms with E-state index in [9.17, 15) is 4.79 Å².